The lowest BCUT2D eigenvalue weighted by Gasteiger charge is -2.19. The fourth-order valence-electron chi connectivity index (χ4n) is 3.62. The number of hydrogen-bond acceptors (Lipinski definition) is 5. The van der Waals surface area contributed by atoms with E-state index in [-0.39, 0.29) is 12.5 Å². The Kier molecular flexibility index (Phi) is 5.16. The molecule has 1 aliphatic heterocycles. The van der Waals surface area contributed by atoms with Gasteiger partial charge in [-0.25, -0.2) is 9.59 Å². The van der Waals surface area contributed by atoms with Crippen LogP contribution in [0, 0.1) is 0 Å². The Labute approximate surface area is 167 Å². The second-order valence-electron chi connectivity index (χ2n) is 7.02. The van der Waals surface area contributed by atoms with Crippen molar-refractivity contribution in [2.24, 2.45) is 0 Å². The summed E-state index contributed by atoms with van der Waals surface area (Å²) in [5, 5.41) is 0.734. The van der Waals surface area contributed by atoms with E-state index in [1.807, 2.05) is 25.1 Å². The van der Waals surface area contributed by atoms with Crippen LogP contribution in [0.25, 0.3) is 11.0 Å². The van der Waals surface area contributed by atoms with Crippen LogP contribution >= 0.6 is 0 Å². The predicted molar refractivity (Wildman–Crippen MR) is 109 cm³/mol. The van der Waals surface area contributed by atoms with E-state index < -0.39 is 11.6 Å². The Hall–Kier alpha value is -3.41. The van der Waals surface area contributed by atoms with Crippen LogP contribution in [-0.4, -0.2) is 18.4 Å². The summed E-state index contributed by atoms with van der Waals surface area (Å²) in [5.74, 6) is -0.532. The molecule has 6 heteroatoms. The number of para-hydroxylation sites is 1. The van der Waals surface area contributed by atoms with E-state index in [2.05, 4.69) is 0 Å². The second-order valence-corrected chi connectivity index (χ2v) is 7.02. The fourth-order valence-corrected chi connectivity index (χ4v) is 3.62. The van der Waals surface area contributed by atoms with E-state index in [9.17, 15) is 14.4 Å². The summed E-state index contributed by atoms with van der Waals surface area (Å²) in [4.78, 5) is 38.4. The van der Waals surface area contributed by atoms with Gasteiger partial charge in [0.25, 0.3) is 0 Å². The van der Waals surface area contributed by atoms with Crippen LogP contribution in [-0.2, 0) is 22.6 Å². The predicted octanol–water partition coefficient (Wildman–Crippen LogP) is 3.84. The molecule has 148 valence electrons. The molecule has 0 N–H and O–H groups in total. The number of esters is 1. The van der Waals surface area contributed by atoms with Gasteiger partial charge in [0, 0.05) is 30.0 Å². The number of carbonyl (C=O) groups excluding carboxylic acids is 2. The zero-order valence-corrected chi connectivity index (χ0v) is 16.1. The molecule has 0 saturated carbocycles. The number of amides is 1. The third-order valence-electron chi connectivity index (χ3n) is 5.15. The molecule has 0 unspecified atom stereocenters. The first-order valence-electron chi connectivity index (χ1n) is 9.69. The standard InChI is InChI=1S/C23H21NO5/c1-2-15-9-10-17-16(13-22(26)29-20(17)12-15)14-28-23(27)18-6-3-4-7-19(18)24-11-5-8-21(24)25/h3-4,6-7,9-10,12-13H,2,5,8,11,14H2,1H3. The number of nitrogens with zero attached hydrogens (tertiary/aromatic N) is 1. The highest BCUT2D eigenvalue weighted by atomic mass is 16.5. The largest absolute Gasteiger partial charge is 0.457 e. The maximum Gasteiger partial charge on any atom is 0.340 e. The first-order valence-corrected chi connectivity index (χ1v) is 9.69. The Morgan fingerprint density at radius 3 is 2.72 bits per heavy atom. The van der Waals surface area contributed by atoms with Crippen LogP contribution in [0.3, 0.4) is 0 Å². The third kappa shape index (κ3) is 3.78. The normalized spacial score (nSPS) is 13.8. The zero-order valence-electron chi connectivity index (χ0n) is 16.1. The van der Waals surface area contributed by atoms with Crippen molar-refractivity contribution in [3.8, 4) is 0 Å². The van der Waals surface area contributed by atoms with Gasteiger partial charge in [-0.3, -0.25) is 4.79 Å². The maximum absolute atomic E-state index is 12.8. The van der Waals surface area contributed by atoms with Gasteiger partial charge in [-0.15, -0.1) is 0 Å². The average Bonchev–Trinajstić information content (AvgIpc) is 3.16. The third-order valence-corrected chi connectivity index (χ3v) is 5.15. The zero-order chi connectivity index (χ0) is 20.4. The average molecular weight is 391 g/mol. The van der Waals surface area contributed by atoms with E-state index in [4.69, 9.17) is 9.15 Å². The first-order chi connectivity index (χ1) is 14.1. The minimum absolute atomic E-state index is 0.00337. The smallest absolute Gasteiger partial charge is 0.340 e. The van der Waals surface area contributed by atoms with Crippen molar-refractivity contribution >= 4 is 28.5 Å². The Bertz CT molecular complexity index is 1150. The molecule has 2 aromatic carbocycles. The van der Waals surface area contributed by atoms with Gasteiger partial charge in [0.1, 0.15) is 12.2 Å². The number of rotatable bonds is 5. The number of benzene rings is 2. The van der Waals surface area contributed by atoms with Crippen molar-refractivity contribution in [3.63, 3.8) is 0 Å². The SMILES string of the molecule is CCc1ccc2c(COC(=O)c3ccccc3N3CCCC3=O)cc(=O)oc2c1. The summed E-state index contributed by atoms with van der Waals surface area (Å²) in [5.41, 5.74) is 2.53. The summed E-state index contributed by atoms with van der Waals surface area (Å²) in [6.07, 6.45) is 2.08. The van der Waals surface area contributed by atoms with E-state index in [0.29, 0.717) is 35.4 Å². The number of carbonyl (C=O) groups is 2. The first kappa shape index (κ1) is 18.9. The minimum atomic E-state index is -0.535. The van der Waals surface area contributed by atoms with Gasteiger partial charge in [-0.1, -0.05) is 31.2 Å². The molecular formula is C23H21NO5. The molecule has 6 nitrogen and oxygen atoms in total. The van der Waals surface area contributed by atoms with E-state index in [1.165, 1.54) is 6.07 Å². The topological polar surface area (TPSA) is 76.8 Å². The monoisotopic (exact) mass is 391 g/mol. The van der Waals surface area contributed by atoms with Gasteiger partial charge in [-0.2, -0.15) is 0 Å². The number of anilines is 1. The van der Waals surface area contributed by atoms with Gasteiger partial charge in [-0.05, 0) is 36.6 Å². The van der Waals surface area contributed by atoms with Crippen molar-refractivity contribution in [3.05, 3.63) is 75.6 Å². The maximum atomic E-state index is 12.8. The molecule has 3 aromatic rings. The van der Waals surface area contributed by atoms with Crippen molar-refractivity contribution in [2.45, 2.75) is 32.8 Å². The summed E-state index contributed by atoms with van der Waals surface area (Å²) in [7, 11) is 0. The molecule has 29 heavy (non-hydrogen) atoms. The molecule has 4 rings (SSSR count). The Morgan fingerprint density at radius 1 is 1.14 bits per heavy atom. The number of ether oxygens (including phenoxy) is 1. The molecule has 1 aliphatic rings. The van der Waals surface area contributed by atoms with Gasteiger partial charge in [0.2, 0.25) is 5.91 Å². The van der Waals surface area contributed by atoms with Crippen molar-refractivity contribution in [1.29, 1.82) is 0 Å². The molecule has 1 amide bonds. The number of fused-ring (bicyclic) bond motifs is 1. The van der Waals surface area contributed by atoms with Gasteiger partial charge < -0.3 is 14.1 Å². The molecule has 1 aromatic heterocycles. The van der Waals surface area contributed by atoms with Gasteiger partial charge >= 0.3 is 11.6 Å². The Balaban J connectivity index is 1.60. The van der Waals surface area contributed by atoms with Crippen LogP contribution in [0.5, 0.6) is 0 Å². The van der Waals surface area contributed by atoms with Crippen LogP contribution in [0.4, 0.5) is 5.69 Å². The molecule has 0 radical (unpaired) electrons. The van der Waals surface area contributed by atoms with Gasteiger partial charge in [0.05, 0.1) is 11.3 Å². The second kappa shape index (κ2) is 7.91. The molecule has 0 aliphatic carbocycles. The molecule has 0 spiro atoms. The van der Waals surface area contributed by atoms with Crippen molar-refractivity contribution in [2.75, 3.05) is 11.4 Å². The molecule has 1 fully saturated rings. The lowest BCUT2D eigenvalue weighted by atomic mass is 10.1. The van der Waals surface area contributed by atoms with Crippen LogP contribution in [0.1, 0.15) is 41.3 Å². The highest BCUT2D eigenvalue weighted by Crippen LogP contribution is 2.27. The number of aryl methyl sites for hydroxylation is 1. The summed E-state index contributed by atoms with van der Waals surface area (Å²) < 4.78 is 10.8. The van der Waals surface area contributed by atoms with Crippen LogP contribution < -0.4 is 10.5 Å². The molecule has 2 heterocycles. The highest BCUT2D eigenvalue weighted by Gasteiger charge is 2.26. The molecule has 1 saturated heterocycles. The molecule has 0 bridgehead atoms. The fraction of sp³-hybridized carbons (Fsp3) is 0.261. The Morgan fingerprint density at radius 2 is 1.97 bits per heavy atom. The summed E-state index contributed by atoms with van der Waals surface area (Å²) in [6, 6.07) is 13.9. The van der Waals surface area contributed by atoms with Gasteiger partial charge in [0.15, 0.2) is 0 Å². The molecule has 0 atom stereocenters. The quantitative estimate of drug-likeness (QED) is 0.488. The van der Waals surface area contributed by atoms with Crippen molar-refractivity contribution < 1.29 is 18.7 Å². The summed E-state index contributed by atoms with van der Waals surface area (Å²) >= 11 is 0. The van der Waals surface area contributed by atoms with Crippen LogP contribution in [0.2, 0.25) is 0 Å². The summed E-state index contributed by atoms with van der Waals surface area (Å²) in [6.45, 7) is 2.55. The molecular weight excluding hydrogens is 370 g/mol. The van der Waals surface area contributed by atoms with Crippen molar-refractivity contribution in [1.82, 2.24) is 0 Å². The van der Waals surface area contributed by atoms with E-state index in [1.54, 1.807) is 29.2 Å². The van der Waals surface area contributed by atoms with E-state index >= 15 is 0 Å². The van der Waals surface area contributed by atoms with E-state index in [0.717, 1.165) is 23.8 Å². The lowest BCUT2D eigenvalue weighted by Crippen LogP contribution is -2.26. The minimum Gasteiger partial charge on any atom is -0.457 e. The number of hydrogen-bond donors (Lipinski definition) is 0. The highest BCUT2D eigenvalue weighted by molar-refractivity contribution is 6.03. The lowest BCUT2D eigenvalue weighted by molar-refractivity contribution is -0.117. The van der Waals surface area contributed by atoms with Crippen LogP contribution in [0.15, 0.2) is 57.7 Å².